The van der Waals surface area contributed by atoms with Gasteiger partial charge in [0.1, 0.15) is 9.26 Å². The van der Waals surface area contributed by atoms with E-state index in [-0.39, 0.29) is 5.56 Å². The van der Waals surface area contributed by atoms with Crippen LogP contribution < -0.4 is 0 Å². The standard InChI is InChI=1S/C10H6ClIN2O2/c11-7-3-1-2-4-8(7)14-9(12)6(5-13-14)10(15)16/h1-5H,(H,15,16). The van der Waals surface area contributed by atoms with Gasteiger partial charge in [0.2, 0.25) is 0 Å². The van der Waals surface area contributed by atoms with Gasteiger partial charge in [-0.05, 0) is 34.7 Å². The number of hydrogen-bond donors (Lipinski definition) is 1. The zero-order chi connectivity index (χ0) is 11.7. The molecule has 0 aliphatic rings. The predicted molar refractivity (Wildman–Crippen MR) is 68.3 cm³/mol. The van der Waals surface area contributed by atoms with Crippen molar-refractivity contribution < 1.29 is 9.90 Å². The Hall–Kier alpha value is -1.08. The van der Waals surface area contributed by atoms with E-state index in [1.54, 1.807) is 18.2 Å². The molecule has 1 aromatic carbocycles. The molecule has 0 saturated heterocycles. The van der Waals surface area contributed by atoms with Crippen LogP contribution in [0.15, 0.2) is 30.5 Å². The molecule has 0 atom stereocenters. The first-order valence-electron chi connectivity index (χ1n) is 4.33. The van der Waals surface area contributed by atoms with Crippen LogP contribution in [0, 0.1) is 3.70 Å². The molecule has 2 rings (SSSR count). The summed E-state index contributed by atoms with van der Waals surface area (Å²) in [7, 11) is 0. The maximum atomic E-state index is 10.9. The fraction of sp³-hybridized carbons (Fsp3) is 0. The fourth-order valence-electron chi connectivity index (χ4n) is 1.27. The second-order valence-corrected chi connectivity index (χ2v) is 4.45. The van der Waals surface area contributed by atoms with Gasteiger partial charge in [-0.3, -0.25) is 0 Å². The molecule has 0 aliphatic carbocycles. The Balaban J connectivity index is 2.58. The van der Waals surface area contributed by atoms with E-state index in [4.69, 9.17) is 16.7 Å². The quantitative estimate of drug-likeness (QED) is 0.849. The van der Waals surface area contributed by atoms with Gasteiger partial charge in [-0.15, -0.1) is 0 Å². The largest absolute Gasteiger partial charge is 0.478 e. The number of rotatable bonds is 2. The minimum atomic E-state index is -0.997. The van der Waals surface area contributed by atoms with E-state index in [1.807, 2.05) is 28.7 Å². The van der Waals surface area contributed by atoms with Gasteiger partial charge >= 0.3 is 5.97 Å². The Morgan fingerprint density at radius 2 is 2.12 bits per heavy atom. The first-order valence-corrected chi connectivity index (χ1v) is 5.78. The Kier molecular flexibility index (Phi) is 3.15. The topological polar surface area (TPSA) is 55.1 Å². The second-order valence-electron chi connectivity index (χ2n) is 3.02. The highest BCUT2D eigenvalue weighted by molar-refractivity contribution is 14.1. The average molecular weight is 349 g/mol. The molecule has 6 heteroatoms. The molecule has 0 saturated carbocycles. The van der Waals surface area contributed by atoms with E-state index in [9.17, 15) is 4.79 Å². The first kappa shape index (κ1) is 11.4. The highest BCUT2D eigenvalue weighted by Gasteiger charge is 2.16. The minimum Gasteiger partial charge on any atom is -0.478 e. The molecule has 0 amide bonds. The number of carbonyl (C=O) groups is 1. The number of carboxylic acid groups (broad SMARTS) is 1. The zero-order valence-electron chi connectivity index (χ0n) is 7.89. The van der Waals surface area contributed by atoms with Gasteiger partial charge in [-0.25, -0.2) is 9.48 Å². The number of aromatic nitrogens is 2. The van der Waals surface area contributed by atoms with E-state index in [2.05, 4.69) is 5.10 Å². The normalized spacial score (nSPS) is 10.4. The van der Waals surface area contributed by atoms with Crippen LogP contribution in [0.5, 0.6) is 0 Å². The minimum absolute atomic E-state index is 0.167. The van der Waals surface area contributed by atoms with Gasteiger partial charge in [0.15, 0.2) is 0 Å². The second kappa shape index (κ2) is 4.42. The van der Waals surface area contributed by atoms with Crippen LogP contribution in [0.3, 0.4) is 0 Å². The van der Waals surface area contributed by atoms with Crippen LogP contribution in [0.2, 0.25) is 5.02 Å². The fourth-order valence-corrected chi connectivity index (χ4v) is 2.24. The third-order valence-electron chi connectivity index (χ3n) is 2.02. The number of aromatic carboxylic acids is 1. The van der Waals surface area contributed by atoms with Gasteiger partial charge in [-0.1, -0.05) is 23.7 Å². The van der Waals surface area contributed by atoms with Gasteiger partial charge in [-0.2, -0.15) is 5.10 Å². The third kappa shape index (κ3) is 1.92. The molecule has 0 bridgehead atoms. The lowest BCUT2D eigenvalue weighted by Gasteiger charge is -2.05. The number of benzene rings is 1. The molecule has 1 aromatic heterocycles. The van der Waals surface area contributed by atoms with Gasteiger partial charge < -0.3 is 5.11 Å². The number of carboxylic acids is 1. The lowest BCUT2D eigenvalue weighted by Crippen LogP contribution is -2.02. The number of para-hydroxylation sites is 1. The van der Waals surface area contributed by atoms with E-state index in [0.717, 1.165) is 0 Å². The van der Waals surface area contributed by atoms with Crippen LogP contribution in [0.4, 0.5) is 0 Å². The van der Waals surface area contributed by atoms with Crippen molar-refractivity contribution in [3.05, 3.63) is 44.7 Å². The molecule has 0 spiro atoms. The van der Waals surface area contributed by atoms with Crippen LogP contribution in [-0.4, -0.2) is 20.9 Å². The summed E-state index contributed by atoms with van der Waals surface area (Å²) in [5.74, 6) is -0.997. The van der Waals surface area contributed by atoms with Gasteiger partial charge in [0, 0.05) is 0 Å². The average Bonchev–Trinajstić information content (AvgIpc) is 2.61. The molecular weight excluding hydrogens is 342 g/mol. The van der Waals surface area contributed by atoms with Gasteiger partial charge in [0.25, 0.3) is 0 Å². The lowest BCUT2D eigenvalue weighted by atomic mass is 10.3. The van der Waals surface area contributed by atoms with Crippen molar-refractivity contribution in [3.63, 3.8) is 0 Å². The first-order chi connectivity index (χ1) is 7.61. The maximum absolute atomic E-state index is 10.9. The van der Waals surface area contributed by atoms with E-state index >= 15 is 0 Å². The van der Waals surface area contributed by atoms with Crippen molar-refractivity contribution >= 4 is 40.2 Å². The molecule has 0 unspecified atom stereocenters. The number of halogens is 2. The lowest BCUT2D eigenvalue weighted by molar-refractivity contribution is 0.0695. The molecule has 16 heavy (non-hydrogen) atoms. The molecule has 4 nitrogen and oxygen atoms in total. The molecule has 1 heterocycles. The Morgan fingerprint density at radius 1 is 1.44 bits per heavy atom. The van der Waals surface area contributed by atoms with Crippen molar-refractivity contribution in [1.82, 2.24) is 9.78 Å². The molecule has 1 N–H and O–H groups in total. The van der Waals surface area contributed by atoms with Crippen molar-refractivity contribution in [2.24, 2.45) is 0 Å². The SMILES string of the molecule is O=C(O)c1cnn(-c2ccccc2Cl)c1I. The van der Waals surface area contributed by atoms with Crippen LogP contribution in [0.25, 0.3) is 5.69 Å². The van der Waals surface area contributed by atoms with Crippen molar-refractivity contribution in [3.8, 4) is 5.69 Å². The molecule has 0 radical (unpaired) electrons. The van der Waals surface area contributed by atoms with Crippen molar-refractivity contribution in [2.75, 3.05) is 0 Å². The summed E-state index contributed by atoms with van der Waals surface area (Å²) >= 11 is 7.94. The van der Waals surface area contributed by atoms with Crippen molar-refractivity contribution in [1.29, 1.82) is 0 Å². The van der Waals surface area contributed by atoms with E-state index in [1.165, 1.54) is 10.9 Å². The molecular formula is C10H6ClIN2O2. The summed E-state index contributed by atoms with van der Waals surface area (Å²) < 4.78 is 2.03. The summed E-state index contributed by atoms with van der Waals surface area (Å²) in [4.78, 5) is 10.9. The Bertz CT molecular complexity index is 554. The summed E-state index contributed by atoms with van der Waals surface area (Å²) in [5, 5.41) is 13.4. The molecule has 0 fully saturated rings. The highest BCUT2D eigenvalue weighted by Crippen LogP contribution is 2.23. The zero-order valence-corrected chi connectivity index (χ0v) is 10.8. The Labute approximate surface area is 110 Å². The van der Waals surface area contributed by atoms with E-state index in [0.29, 0.717) is 14.4 Å². The Morgan fingerprint density at radius 3 is 2.69 bits per heavy atom. The number of nitrogens with zero attached hydrogens (tertiary/aromatic N) is 2. The summed E-state index contributed by atoms with van der Waals surface area (Å²) in [6.45, 7) is 0. The van der Waals surface area contributed by atoms with Crippen molar-refractivity contribution in [2.45, 2.75) is 0 Å². The smallest absolute Gasteiger partial charge is 0.340 e. The van der Waals surface area contributed by atoms with Crippen LogP contribution >= 0.6 is 34.2 Å². The maximum Gasteiger partial charge on any atom is 0.340 e. The van der Waals surface area contributed by atoms with E-state index < -0.39 is 5.97 Å². The van der Waals surface area contributed by atoms with Gasteiger partial charge in [0.05, 0.1) is 16.9 Å². The van der Waals surface area contributed by atoms with Crippen LogP contribution in [-0.2, 0) is 0 Å². The van der Waals surface area contributed by atoms with Crippen LogP contribution in [0.1, 0.15) is 10.4 Å². The molecule has 82 valence electrons. The molecule has 2 aromatic rings. The summed E-state index contributed by atoms with van der Waals surface area (Å²) in [6.07, 6.45) is 1.31. The monoisotopic (exact) mass is 348 g/mol. The summed E-state index contributed by atoms with van der Waals surface area (Å²) in [6, 6.07) is 7.14. The predicted octanol–water partition coefficient (Wildman–Crippen LogP) is 2.83. The highest BCUT2D eigenvalue weighted by atomic mass is 127. The third-order valence-corrected chi connectivity index (χ3v) is 3.38. The summed E-state index contributed by atoms with van der Waals surface area (Å²) in [5.41, 5.74) is 0.835. The number of hydrogen-bond acceptors (Lipinski definition) is 2. The molecule has 0 aliphatic heterocycles.